The third kappa shape index (κ3) is 7.23. The average Bonchev–Trinajstić information content (AvgIpc) is 3.93. The predicted octanol–water partition coefficient (Wildman–Crippen LogP) is 2.09. The van der Waals surface area contributed by atoms with E-state index in [2.05, 4.69) is 20.6 Å². The van der Waals surface area contributed by atoms with Crippen LogP contribution in [0.5, 0.6) is 5.88 Å². The van der Waals surface area contributed by atoms with Crippen molar-refractivity contribution in [3.63, 3.8) is 0 Å². The summed E-state index contributed by atoms with van der Waals surface area (Å²) < 4.78 is 63.4. The smallest absolute Gasteiger partial charge is 0.405 e. The van der Waals surface area contributed by atoms with Gasteiger partial charge in [0.25, 0.3) is 5.91 Å². The van der Waals surface area contributed by atoms with Crippen LogP contribution in [0.2, 0.25) is 0 Å². The first kappa shape index (κ1) is 32.8. The summed E-state index contributed by atoms with van der Waals surface area (Å²) >= 11 is 0. The number of fused-ring (bicyclic) bond motifs is 3. The Morgan fingerprint density at radius 1 is 1.06 bits per heavy atom. The van der Waals surface area contributed by atoms with Crippen LogP contribution in [0.15, 0.2) is 30.5 Å². The fourth-order valence-corrected chi connectivity index (χ4v) is 7.93. The molecule has 4 aliphatic rings. The topological polar surface area (TPSA) is 197 Å². The fraction of sp³-hybridized carbons (Fsp3) is 0.600. The number of nitrogens with one attached hydrogen (secondary N) is 3. The maximum absolute atomic E-state index is 15.1. The van der Waals surface area contributed by atoms with E-state index in [1.54, 1.807) is 24.3 Å². The number of hydrogen-bond donors (Lipinski definition) is 4. The lowest BCUT2D eigenvalue weighted by molar-refractivity contribution is -0.141. The van der Waals surface area contributed by atoms with Gasteiger partial charge in [0, 0.05) is 19.3 Å². The third-order valence-corrected chi connectivity index (χ3v) is 11.1. The molecule has 254 valence electrons. The van der Waals surface area contributed by atoms with Gasteiger partial charge in [-0.3, -0.25) is 19.1 Å². The molecule has 0 spiro atoms. The van der Waals surface area contributed by atoms with Gasteiger partial charge in [-0.25, -0.2) is 32.0 Å². The lowest BCUT2D eigenvalue weighted by atomic mass is 10.00. The van der Waals surface area contributed by atoms with E-state index in [-0.39, 0.29) is 50.9 Å². The summed E-state index contributed by atoms with van der Waals surface area (Å²) in [4.78, 5) is 62.8. The number of para-hydroxylation sites is 2. The van der Waals surface area contributed by atoms with Gasteiger partial charge in [0.15, 0.2) is 0 Å². The van der Waals surface area contributed by atoms with Crippen LogP contribution in [0.25, 0.3) is 11.0 Å². The average molecular weight is 679 g/mol. The van der Waals surface area contributed by atoms with Crippen LogP contribution in [0.3, 0.4) is 0 Å². The molecule has 4 N–H and O–H groups in total. The number of carbonyl (C=O) groups is 4. The van der Waals surface area contributed by atoms with Crippen molar-refractivity contribution in [1.82, 2.24) is 30.2 Å². The van der Waals surface area contributed by atoms with Crippen LogP contribution in [-0.2, 0) is 24.4 Å². The van der Waals surface area contributed by atoms with Crippen molar-refractivity contribution >= 4 is 44.9 Å². The number of aromatic nitrogens is 2. The Labute approximate surface area is 269 Å². The van der Waals surface area contributed by atoms with Crippen molar-refractivity contribution in [2.45, 2.75) is 99.1 Å². The molecular formula is C30H36F2N6O8S. The number of amides is 4. The molecule has 47 heavy (non-hydrogen) atoms. The summed E-state index contributed by atoms with van der Waals surface area (Å²) in [5.41, 5.74) is -0.769. The second-order valence-corrected chi connectivity index (χ2v) is 14.8. The number of carbonyl (C=O) groups excluding carboxylic acids is 3. The number of rotatable bonds is 6. The molecule has 6 rings (SSSR count). The standard InChI is InChI=1S/C30H36F2N6O8S/c31-29(32)11-5-1-2-8-22(35-28(42)43)26(40)38-16-18(46-24-15-33-20-6-3-4-7-21(20)34-24)12-23(38)25(39)36-30(14-17(30)13-29)27(41)37-47(44,45)19-9-10-19/h3-4,6-7,15,17-19,22-23,35H,1-2,5,8-14,16H2,(H,36,39)(H,37,41)(H,42,43)/t17-,18-,22+,23+,30-/m1/s1. The highest BCUT2D eigenvalue weighted by Crippen LogP contribution is 2.51. The highest BCUT2D eigenvalue weighted by atomic mass is 32.2. The van der Waals surface area contributed by atoms with E-state index < -0.39 is 87.5 Å². The number of sulfonamides is 1. The van der Waals surface area contributed by atoms with E-state index in [1.165, 1.54) is 6.20 Å². The van der Waals surface area contributed by atoms with Crippen molar-refractivity contribution in [3.05, 3.63) is 30.5 Å². The lowest BCUT2D eigenvalue weighted by Crippen LogP contribution is -2.58. The van der Waals surface area contributed by atoms with Gasteiger partial charge in [0.05, 0.1) is 29.0 Å². The lowest BCUT2D eigenvalue weighted by Gasteiger charge is -2.29. The van der Waals surface area contributed by atoms with Gasteiger partial charge in [-0.15, -0.1) is 0 Å². The Bertz CT molecular complexity index is 1690. The van der Waals surface area contributed by atoms with E-state index in [0.29, 0.717) is 23.9 Å². The molecule has 3 heterocycles. The number of alkyl halides is 2. The Morgan fingerprint density at radius 3 is 2.53 bits per heavy atom. The van der Waals surface area contributed by atoms with Gasteiger partial charge < -0.3 is 25.4 Å². The highest BCUT2D eigenvalue weighted by molar-refractivity contribution is 7.91. The molecule has 17 heteroatoms. The molecule has 1 aromatic carbocycles. The van der Waals surface area contributed by atoms with Crippen LogP contribution < -0.4 is 20.1 Å². The minimum Gasteiger partial charge on any atom is -0.471 e. The summed E-state index contributed by atoms with van der Waals surface area (Å²) in [6.45, 7) is -0.153. The summed E-state index contributed by atoms with van der Waals surface area (Å²) in [6, 6.07) is 4.49. The fourth-order valence-electron chi connectivity index (χ4n) is 6.57. The molecule has 2 saturated carbocycles. The first-order valence-electron chi connectivity index (χ1n) is 15.7. The van der Waals surface area contributed by atoms with E-state index in [9.17, 15) is 32.7 Å². The van der Waals surface area contributed by atoms with Crippen LogP contribution in [-0.4, -0.2) is 93.7 Å². The van der Waals surface area contributed by atoms with Crippen molar-refractivity contribution in [2.75, 3.05) is 6.54 Å². The van der Waals surface area contributed by atoms with Crippen LogP contribution >= 0.6 is 0 Å². The Kier molecular flexibility index (Phi) is 8.69. The summed E-state index contributed by atoms with van der Waals surface area (Å²) in [7, 11) is -4.06. The highest BCUT2D eigenvalue weighted by Gasteiger charge is 2.65. The van der Waals surface area contributed by atoms with Gasteiger partial charge in [-0.2, -0.15) is 0 Å². The number of ether oxygens (including phenoxy) is 1. The third-order valence-electron chi connectivity index (χ3n) is 9.29. The van der Waals surface area contributed by atoms with Gasteiger partial charge in [-0.1, -0.05) is 25.0 Å². The molecule has 2 saturated heterocycles. The maximum atomic E-state index is 15.1. The molecule has 2 aliphatic carbocycles. The van der Waals surface area contributed by atoms with Crippen LogP contribution in [0, 0.1) is 5.92 Å². The molecule has 4 amide bonds. The molecule has 2 aromatic rings. The molecule has 5 atom stereocenters. The maximum Gasteiger partial charge on any atom is 0.405 e. The van der Waals surface area contributed by atoms with E-state index in [0.717, 1.165) is 4.90 Å². The van der Waals surface area contributed by atoms with Gasteiger partial charge >= 0.3 is 6.09 Å². The largest absolute Gasteiger partial charge is 0.471 e. The molecule has 0 unspecified atom stereocenters. The summed E-state index contributed by atoms with van der Waals surface area (Å²) in [6.07, 6.45) is -1.13. The van der Waals surface area contributed by atoms with Gasteiger partial charge in [0.1, 0.15) is 23.7 Å². The SMILES string of the molecule is O=C(O)N[C@H]1CCCCCC(F)(F)C[C@@H]2C[C@@]2(C(=O)NS(=O)(=O)C2CC2)NC(=O)[C@@H]2C[C@@H](Oc3cnc4ccccc4n3)CN2C1=O. The number of nitrogens with zero attached hydrogens (tertiary/aromatic N) is 3. The quantitative estimate of drug-likeness (QED) is 0.351. The zero-order valence-corrected chi connectivity index (χ0v) is 26.2. The Balaban J connectivity index is 1.30. The van der Waals surface area contributed by atoms with Crippen LogP contribution in [0.4, 0.5) is 13.6 Å². The molecule has 0 bridgehead atoms. The molecule has 4 fully saturated rings. The molecular weight excluding hydrogens is 642 g/mol. The Hall–Kier alpha value is -4.15. The number of halogens is 2. The minimum absolute atomic E-state index is 0.0111. The molecule has 1 aromatic heterocycles. The van der Waals surface area contributed by atoms with Crippen LogP contribution in [0.1, 0.15) is 64.2 Å². The van der Waals surface area contributed by atoms with Gasteiger partial charge in [0.2, 0.25) is 33.6 Å². The summed E-state index contributed by atoms with van der Waals surface area (Å²) in [5, 5.41) is 13.4. The zero-order chi connectivity index (χ0) is 33.6. The Morgan fingerprint density at radius 2 is 1.81 bits per heavy atom. The normalized spacial score (nSPS) is 29.8. The number of benzene rings is 1. The first-order chi connectivity index (χ1) is 22.3. The number of carboxylic acid groups (broad SMARTS) is 1. The molecule has 14 nitrogen and oxygen atoms in total. The molecule has 2 aliphatic heterocycles. The first-order valence-corrected chi connectivity index (χ1v) is 17.3. The second kappa shape index (κ2) is 12.5. The minimum atomic E-state index is -4.06. The zero-order valence-electron chi connectivity index (χ0n) is 25.4. The molecule has 0 radical (unpaired) electrons. The van der Waals surface area contributed by atoms with E-state index in [1.807, 2.05) is 4.72 Å². The van der Waals surface area contributed by atoms with Crippen molar-refractivity contribution in [1.29, 1.82) is 0 Å². The van der Waals surface area contributed by atoms with E-state index in [4.69, 9.17) is 4.74 Å². The van der Waals surface area contributed by atoms with Gasteiger partial charge in [-0.05, 0) is 50.2 Å². The van der Waals surface area contributed by atoms with Crippen molar-refractivity contribution in [3.8, 4) is 5.88 Å². The van der Waals surface area contributed by atoms with Crippen molar-refractivity contribution in [2.24, 2.45) is 5.92 Å². The monoisotopic (exact) mass is 678 g/mol. The number of hydrogen-bond acceptors (Lipinski definition) is 9. The van der Waals surface area contributed by atoms with Crippen molar-refractivity contribution < 1.29 is 46.2 Å². The summed E-state index contributed by atoms with van der Waals surface area (Å²) in [5.74, 6) is -6.82. The van der Waals surface area contributed by atoms with E-state index >= 15 is 8.78 Å². The predicted molar refractivity (Wildman–Crippen MR) is 161 cm³/mol. The second-order valence-electron chi connectivity index (χ2n) is 12.9.